The Morgan fingerprint density at radius 3 is 2.93 bits per heavy atom. The van der Waals surface area contributed by atoms with Crippen LogP contribution in [0.25, 0.3) is 0 Å². The largest absolute Gasteiger partial charge is 0.326 e. The van der Waals surface area contributed by atoms with Crippen LogP contribution in [0.5, 0.6) is 0 Å². The third kappa shape index (κ3) is 2.38. The number of pyridine rings is 1. The predicted octanol–water partition coefficient (Wildman–Crippen LogP) is 1.94. The van der Waals surface area contributed by atoms with Gasteiger partial charge in [-0.2, -0.15) is 0 Å². The quantitative estimate of drug-likeness (QED) is 0.848. The molecule has 4 heteroatoms. The number of nitrogens with two attached hydrogens (primary N) is 1. The van der Waals surface area contributed by atoms with Gasteiger partial charge in [0.1, 0.15) is 0 Å². The van der Waals surface area contributed by atoms with Crippen LogP contribution in [0.15, 0.2) is 22.8 Å². The molecule has 1 aliphatic rings. The van der Waals surface area contributed by atoms with Gasteiger partial charge < -0.3 is 5.73 Å². The van der Waals surface area contributed by atoms with Crippen LogP contribution in [0.1, 0.15) is 24.6 Å². The van der Waals surface area contributed by atoms with Crippen molar-refractivity contribution < 1.29 is 0 Å². The molecule has 0 bridgehead atoms. The molecule has 0 aromatic carbocycles. The first-order valence-corrected chi connectivity index (χ1v) is 6.05. The van der Waals surface area contributed by atoms with E-state index in [0.717, 1.165) is 23.1 Å². The summed E-state index contributed by atoms with van der Waals surface area (Å²) < 4.78 is 1.01. The molecule has 3 nitrogen and oxygen atoms in total. The van der Waals surface area contributed by atoms with Gasteiger partial charge in [-0.1, -0.05) is 0 Å². The highest BCUT2D eigenvalue weighted by Crippen LogP contribution is 2.27. The number of aromatic nitrogens is 1. The zero-order valence-electron chi connectivity index (χ0n) is 8.86. The molecule has 0 radical (unpaired) electrons. The molecule has 2 N–H and O–H groups in total. The van der Waals surface area contributed by atoms with E-state index in [1.165, 1.54) is 6.42 Å². The molecule has 1 aliphatic heterocycles. The van der Waals surface area contributed by atoms with E-state index in [2.05, 4.69) is 38.9 Å². The standard InChI is InChI=1S/C11H16BrN3/c1-15-6-2-3-9(13)11(15)10-5-4-8(12)7-14-10/h4-5,7,9,11H,2-3,6,13H2,1H3. The van der Waals surface area contributed by atoms with Crippen LogP contribution in [0.2, 0.25) is 0 Å². The number of hydrogen-bond donors (Lipinski definition) is 1. The van der Waals surface area contributed by atoms with E-state index in [0.29, 0.717) is 0 Å². The Labute approximate surface area is 98.8 Å². The Morgan fingerprint density at radius 2 is 2.33 bits per heavy atom. The van der Waals surface area contributed by atoms with Crippen molar-refractivity contribution in [2.75, 3.05) is 13.6 Å². The minimum absolute atomic E-state index is 0.206. The SMILES string of the molecule is CN1CCCC(N)C1c1ccc(Br)cn1. The van der Waals surface area contributed by atoms with Gasteiger partial charge in [-0.15, -0.1) is 0 Å². The first-order valence-electron chi connectivity index (χ1n) is 5.26. The van der Waals surface area contributed by atoms with Gasteiger partial charge in [0, 0.05) is 16.7 Å². The highest BCUT2D eigenvalue weighted by molar-refractivity contribution is 9.10. The van der Waals surface area contributed by atoms with E-state index >= 15 is 0 Å². The van der Waals surface area contributed by atoms with Gasteiger partial charge in [-0.05, 0) is 54.5 Å². The second kappa shape index (κ2) is 4.60. The summed E-state index contributed by atoms with van der Waals surface area (Å²) in [6.45, 7) is 1.11. The molecule has 82 valence electrons. The van der Waals surface area contributed by atoms with E-state index in [9.17, 15) is 0 Å². The summed E-state index contributed by atoms with van der Waals surface area (Å²) in [5, 5.41) is 0. The molecule has 2 rings (SSSR count). The van der Waals surface area contributed by atoms with Crippen molar-refractivity contribution in [2.24, 2.45) is 5.73 Å². The van der Waals surface area contributed by atoms with Crippen LogP contribution in [-0.4, -0.2) is 29.5 Å². The second-order valence-electron chi connectivity index (χ2n) is 4.13. The Hall–Kier alpha value is -0.450. The molecule has 1 saturated heterocycles. The summed E-state index contributed by atoms with van der Waals surface area (Å²) in [7, 11) is 2.12. The fourth-order valence-corrected chi connectivity index (χ4v) is 2.44. The maximum atomic E-state index is 6.15. The van der Waals surface area contributed by atoms with Crippen LogP contribution in [0, 0.1) is 0 Å². The normalized spacial score (nSPS) is 27.9. The van der Waals surface area contributed by atoms with E-state index in [1.54, 1.807) is 0 Å². The lowest BCUT2D eigenvalue weighted by Gasteiger charge is -2.36. The van der Waals surface area contributed by atoms with Crippen LogP contribution < -0.4 is 5.73 Å². The number of hydrogen-bond acceptors (Lipinski definition) is 3. The van der Waals surface area contributed by atoms with Crippen molar-refractivity contribution in [2.45, 2.75) is 24.9 Å². The predicted molar refractivity (Wildman–Crippen MR) is 64.5 cm³/mol. The number of likely N-dealkylation sites (tertiary alicyclic amines) is 1. The van der Waals surface area contributed by atoms with Crippen molar-refractivity contribution in [3.63, 3.8) is 0 Å². The van der Waals surface area contributed by atoms with Crippen LogP contribution >= 0.6 is 15.9 Å². The smallest absolute Gasteiger partial charge is 0.0671 e. The lowest BCUT2D eigenvalue weighted by Crippen LogP contribution is -2.44. The maximum Gasteiger partial charge on any atom is 0.0671 e. The summed E-state index contributed by atoms with van der Waals surface area (Å²) in [4.78, 5) is 6.73. The molecule has 2 heterocycles. The summed E-state index contributed by atoms with van der Waals surface area (Å²) in [6, 6.07) is 4.55. The summed E-state index contributed by atoms with van der Waals surface area (Å²) >= 11 is 3.39. The lowest BCUT2D eigenvalue weighted by molar-refractivity contribution is 0.159. The minimum Gasteiger partial charge on any atom is -0.326 e. The van der Waals surface area contributed by atoms with Gasteiger partial charge in [-0.25, -0.2) is 0 Å². The van der Waals surface area contributed by atoms with Crippen molar-refractivity contribution in [1.29, 1.82) is 0 Å². The molecule has 1 fully saturated rings. The van der Waals surface area contributed by atoms with Crippen molar-refractivity contribution in [1.82, 2.24) is 9.88 Å². The maximum absolute atomic E-state index is 6.15. The number of nitrogens with zero attached hydrogens (tertiary/aromatic N) is 2. The van der Waals surface area contributed by atoms with Crippen LogP contribution in [-0.2, 0) is 0 Å². The van der Waals surface area contributed by atoms with Gasteiger partial charge >= 0.3 is 0 Å². The number of rotatable bonds is 1. The molecule has 2 unspecified atom stereocenters. The Morgan fingerprint density at radius 1 is 1.53 bits per heavy atom. The number of halogens is 1. The molecule has 0 saturated carbocycles. The lowest BCUT2D eigenvalue weighted by atomic mass is 9.95. The first-order chi connectivity index (χ1) is 7.18. The molecular weight excluding hydrogens is 254 g/mol. The zero-order chi connectivity index (χ0) is 10.8. The van der Waals surface area contributed by atoms with E-state index in [1.807, 2.05) is 12.3 Å². The first kappa shape index (κ1) is 11.0. The second-order valence-corrected chi connectivity index (χ2v) is 5.05. The Bertz CT molecular complexity index is 315. The summed E-state index contributed by atoms with van der Waals surface area (Å²) in [5.74, 6) is 0. The highest BCUT2D eigenvalue weighted by atomic mass is 79.9. The third-order valence-electron chi connectivity index (χ3n) is 2.98. The van der Waals surface area contributed by atoms with Gasteiger partial charge in [-0.3, -0.25) is 9.88 Å². The molecular formula is C11H16BrN3. The average molecular weight is 270 g/mol. The van der Waals surface area contributed by atoms with E-state index < -0.39 is 0 Å². The topological polar surface area (TPSA) is 42.1 Å². The van der Waals surface area contributed by atoms with Gasteiger partial charge in [0.25, 0.3) is 0 Å². The summed E-state index contributed by atoms with van der Waals surface area (Å²) in [6.07, 6.45) is 4.11. The van der Waals surface area contributed by atoms with Gasteiger partial charge in [0.2, 0.25) is 0 Å². The number of piperidine rings is 1. The van der Waals surface area contributed by atoms with Crippen LogP contribution in [0.3, 0.4) is 0 Å². The van der Waals surface area contributed by atoms with Crippen molar-refractivity contribution >= 4 is 15.9 Å². The van der Waals surface area contributed by atoms with Gasteiger partial charge in [0.15, 0.2) is 0 Å². The fraction of sp³-hybridized carbons (Fsp3) is 0.545. The van der Waals surface area contributed by atoms with E-state index in [-0.39, 0.29) is 12.1 Å². The van der Waals surface area contributed by atoms with Crippen molar-refractivity contribution in [3.05, 3.63) is 28.5 Å². The van der Waals surface area contributed by atoms with E-state index in [4.69, 9.17) is 5.73 Å². The molecule has 0 amide bonds. The monoisotopic (exact) mass is 269 g/mol. The molecule has 15 heavy (non-hydrogen) atoms. The highest BCUT2D eigenvalue weighted by Gasteiger charge is 2.28. The Balaban J connectivity index is 2.23. The molecule has 1 aromatic heterocycles. The Kier molecular flexibility index (Phi) is 3.38. The summed E-state index contributed by atoms with van der Waals surface area (Å²) in [5.41, 5.74) is 7.22. The third-order valence-corrected chi connectivity index (χ3v) is 3.45. The average Bonchev–Trinajstić information content (AvgIpc) is 2.20. The van der Waals surface area contributed by atoms with Crippen molar-refractivity contribution in [3.8, 4) is 0 Å². The number of likely N-dealkylation sites (N-methyl/N-ethyl adjacent to an activating group) is 1. The van der Waals surface area contributed by atoms with Gasteiger partial charge in [0.05, 0.1) is 11.7 Å². The molecule has 2 atom stereocenters. The fourth-order valence-electron chi connectivity index (χ4n) is 2.21. The van der Waals surface area contributed by atoms with Crippen LogP contribution in [0.4, 0.5) is 0 Å². The zero-order valence-corrected chi connectivity index (χ0v) is 10.4. The molecule has 0 spiro atoms. The molecule has 1 aromatic rings. The minimum atomic E-state index is 0.206. The molecule has 0 aliphatic carbocycles.